The summed E-state index contributed by atoms with van der Waals surface area (Å²) in [5.41, 5.74) is 0.692. The lowest BCUT2D eigenvalue weighted by Gasteiger charge is -2.13. The van der Waals surface area contributed by atoms with Gasteiger partial charge in [0.05, 0.1) is 5.25 Å². The second-order valence-electron chi connectivity index (χ2n) is 6.18. The molecule has 1 aromatic heterocycles. The van der Waals surface area contributed by atoms with E-state index in [0.717, 1.165) is 17.5 Å². The van der Waals surface area contributed by atoms with Gasteiger partial charge in [-0.05, 0) is 38.8 Å². The first-order chi connectivity index (χ1) is 12.2. The molecule has 0 unspecified atom stereocenters. The highest BCUT2D eigenvalue weighted by atomic mass is 32.2. The van der Waals surface area contributed by atoms with Gasteiger partial charge in [-0.1, -0.05) is 11.8 Å². The van der Waals surface area contributed by atoms with Crippen LogP contribution in [-0.4, -0.2) is 32.7 Å². The van der Waals surface area contributed by atoms with E-state index < -0.39 is 0 Å². The predicted molar refractivity (Wildman–Crippen MR) is 94.2 cm³/mol. The van der Waals surface area contributed by atoms with E-state index in [1.807, 2.05) is 13.0 Å². The van der Waals surface area contributed by atoms with Gasteiger partial charge in [0.25, 0.3) is 0 Å². The Morgan fingerprint density at radius 1 is 1.36 bits per heavy atom. The van der Waals surface area contributed by atoms with E-state index in [0.29, 0.717) is 23.1 Å². The summed E-state index contributed by atoms with van der Waals surface area (Å²) in [6.07, 6.45) is 2.37. The van der Waals surface area contributed by atoms with Crippen molar-refractivity contribution in [1.82, 2.24) is 14.8 Å². The van der Waals surface area contributed by atoms with E-state index in [4.69, 9.17) is 9.47 Å². The number of carbonyl (C=O) groups is 1. The van der Waals surface area contributed by atoms with E-state index >= 15 is 0 Å². The third kappa shape index (κ3) is 3.30. The number of fused-ring (bicyclic) bond motifs is 1. The lowest BCUT2D eigenvalue weighted by atomic mass is 10.2. The van der Waals surface area contributed by atoms with E-state index in [2.05, 4.69) is 27.0 Å². The quantitative estimate of drug-likeness (QED) is 0.798. The number of hydrogen-bond acceptors (Lipinski definition) is 6. The zero-order valence-corrected chi connectivity index (χ0v) is 15.0. The van der Waals surface area contributed by atoms with Crippen LogP contribution < -0.4 is 14.8 Å². The second kappa shape index (κ2) is 6.59. The molecule has 1 N–H and O–H groups in total. The van der Waals surface area contributed by atoms with Crippen LogP contribution >= 0.6 is 11.8 Å². The van der Waals surface area contributed by atoms with E-state index in [1.54, 1.807) is 12.1 Å². The van der Waals surface area contributed by atoms with Gasteiger partial charge in [-0.15, -0.1) is 10.2 Å². The predicted octanol–water partition coefficient (Wildman–Crippen LogP) is 3.02. The highest BCUT2D eigenvalue weighted by molar-refractivity contribution is 8.00. The molecule has 1 aliphatic carbocycles. The maximum atomic E-state index is 12.5. The van der Waals surface area contributed by atoms with Crippen molar-refractivity contribution in [2.24, 2.45) is 0 Å². The molecule has 2 heterocycles. The number of nitrogens with zero attached hydrogens (tertiary/aromatic N) is 3. The lowest BCUT2D eigenvalue weighted by molar-refractivity contribution is -0.115. The minimum absolute atomic E-state index is 0.0810. The fourth-order valence-electron chi connectivity index (χ4n) is 2.76. The summed E-state index contributed by atoms with van der Waals surface area (Å²) in [4.78, 5) is 12.5. The standard InChI is InChI=1S/C17H20N4O3S/c1-3-21-15(11-4-5-11)19-20-17(21)25-10(2)16(22)18-12-6-7-13-14(8-12)24-9-23-13/h6-8,10-11H,3-5,9H2,1-2H3,(H,18,22)/t10-/m0/s1. The highest BCUT2D eigenvalue weighted by Gasteiger charge is 2.30. The van der Waals surface area contributed by atoms with Crippen LogP contribution in [0.4, 0.5) is 5.69 Å². The number of rotatable bonds is 6. The van der Waals surface area contributed by atoms with Crippen molar-refractivity contribution >= 4 is 23.4 Å². The second-order valence-corrected chi connectivity index (χ2v) is 7.48. The van der Waals surface area contributed by atoms with Crippen LogP contribution in [-0.2, 0) is 11.3 Å². The zero-order chi connectivity index (χ0) is 17.4. The molecule has 1 fully saturated rings. The summed E-state index contributed by atoms with van der Waals surface area (Å²) >= 11 is 1.43. The van der Waals surface area contributed by atoms with Crippen LogP contribution in [0.25, 0.3) is 0 Å². The van der Waals surface area contributed by atoms with E-state index in [-0.39, 0.29) is 18.0 Å². The fraction of sp³-hybridized carbons (Fsp3) is 0.471. The Morgan fingerprint density at radius 2 is 2.16 bits per heavy atom. The zero-order valence-electron chi connectivity index (χ0n) is 14.2. The average molecular weight is 360 g/mol. The van der Waals surface area contributed by atoms with Crippen LogP contribution in [0.15, 0.2) is 23.4 Å². The Kier molecular flexibility index (Phi) is 4.29. The first-order valence-electron chi connectivity index (χ1n) is 8.46. The minimum atomic E-state index is -0.285. The van der Waals surface area contributed by atoms with Gasteiger partial charge in [0.15, 0.2) is 16.7 Å². The third-order valence-corrected chi connectivity index (χ3v) is 5.38. The molecule has 2 aromatic rings. The van der Waals surface area contributed by atoms with Crippen molar-refractivity contribution in [2.75, 3.05) is 12.1 Å². The molecular weight excluding hydrogens is 340 g/mol. The Bertz CT molecular complexity index is 803. The molecule has 1 atom stereocenters. The van der Waals surface area contributed by atoms with Crippen molar-refractivity contribution in [3.63, 3.8) is 0 Å². The van der Waals surface area contributed by atoms with Gasteiger partial charge in [0, 0.05) is 24.2 Å². The molecule has 0 bridgehead atoms. The topological polar surface area (TPSA) is 78.3 Å². The molecule has 1 aliphatic heterocycles. The van der Waals surface area contributed by atoms with Crippen molar-refractivity contribution < 1.29 is 14.3 Å². The maximum Gasteiger partial charge on any atom is 0.237 e. The van der Waals surface area contributed by atoms with Crippen molar-refractivity contribution in [3.05, 3.63) is 24.0 Å². The Labute approximate surface area is 150 Å². The summed E-state index contributed by atoms with van der Waals surface area (Å²) in [5.74, 6) is 2.86. The number of benzene rings is 1. The highest BCUT2D eigenvalue weighted by Crippen LogP contribution is 2.40. The minimum Gasteiger partial charge on any atom is -0.454 e. The van der Waals surface area contributed by atoms with E-state index in [9.17, 15) is 4.79 Å². The van der Waals surface area contributed by atoms with Crippen LogP contribution in [0.5, 0.6) is 11.5 Å². The number of nitrogens with one attached hydrogen (secondary N) is 1. The van der Waals surface area contributed by atoms with Crippen molar-refractivity contribution in [3.8, 4) is 11.5 Å². The summed E-state index contributed by atoms with van der Waals surface area (Å²) < 4.78 is 12.7. The summed E-state index contributed by atoms with van der Waals surface area (Å²) in [6, 6.07) is 5.38. The molecule has 2 aliphatic rings. The molecule has 1 aromatic carbocycles. The first kappa shape index (κ1) is 16.3. The van der Waals surface area contributed by atoms with Gasteiger partial charge in [-0.3, -0.25) is 4.79 Å². The molecule has 4 rings (SSSR count). The van der Waals surface area contributed by atoms with Gasteiger partial charge in [-0.2, -0.15) is 0 Å². The summed E-state index contributed by atoms with van der Waals surface area (Å²) in [6.45, 7) is 4.99. The largest absolute Gasteiger partial charge is 0.454 e. The molecule has 0 saturated heterocycles. The molecule has 0 spiro atoms. The Morgan fingerprint density at radius 3 is 2.92 bits per heavy atom. The maximum absolute atomic E-state index is 12.5. The fourth-order valence-corrected chi connectivity index (χ4v) is 3.68. The lowest BCUT2D eigenvalue weighted by Crippen LogP contribution is -2.23. The average Bonchev–Trinajstić information content (AvgIpc) is 3.21. The van der Waals surface area contributed by atoms with Crippen LogP contribution in [0, 0.1) is 0 Å². The number of amides is 1. The molecule has 8 heteroatoms. The monoisotopic (exact) mass is 360 g/mol. The SMILES string of the molecule is CCn1c(S[C@@H](C)C(=O)Nc2ccc3c(c2)OCO3)nnc1C1CC1. The van der Waals surface area contributed by atoms with E-state index in [1.165, 1.54) is 24.6 Å². The number of aromatic nitrogens is 3. The van der Waals surface area contributed by atoms with Crippen LogP contribution in [0.1, 0.15) is 38.4 Å². The van der Waals surface area contributed by atoms with Crippen LogP contribution in [0.3, 0.4) is 0 Å². The molecule has 7 nitrogen and oxygen atoms in total. The summed E-state index contributed by atoms with van der Waals surface area (Å²) in [7, 11) is 0. The Hall–Kier alpha value is -2.22. The number of thioether (sulfide) groups is 1. The van der Waals surface area contributed by atoms with Gasteiger partial charge < -0.3 is 19.4 Å². The van der Waals surface area contributed by atoms with Gasteiger partial charge in [0.1, 0.15) is 5.82 Å². The Balaban J connectivity index is 1.42. The van der Waals surface area contributed by atoms with Crippen LogP contribution in [0.2, 0.25) is 0 Å². The summed E-state index contributed by atoms with van der Waals surface area (Å²) in [5, 5.41) is 12.0. The third-order valence-electron chi connectivity index (χ3n) is 4.30. The first-order valence-corrected chi connectivity index (χ1v) is 9.34. The molecule has 0 radical (unpaired) electrons. The molecule has 132 valence electrons. The normalized spacial score (nSPS) is 16.7. The number of hydrogen-bond donors (Lipinski definition) is 1. The van der Waals surface area contributed by atoms with Crippen molar-refractivity contribution in [2.45, 2.75) is 49.6 Å². The van der Waals surface area contributed by atoms with Gasteiger partial charge >= 0.3 is 0 Å². The van der Waals surface area contributed by atoms with Gasteiger partial charge in [-0.25, -0.2) is 0 Å². The number of anilines is 1. The number of ether oxygens (including phenoxy) is 2. The smallest absolute Gasteiger partial charge is 0.237 e. The molecular formula is C17H20N4O3S. The molecule has 25 heavy (non-hydrogen) atoms. The molecule has 1 amide bonds. The number of carbonyl (C=O) groups excluding carboxylic acids is 1. The van der Waals surface area contributed by atoms with Crippen molar-refractivity contribution in [1.29, 1.82) is 0 Å². The molecule has 1 saturated carbocycles. The van der Waals surface area contributed by atoms with Gasteiger partial charge in [0.2, 0.25) is 12.7 Å².